The first-order valence-corrected chi connectivity index (χ1v) is 4.90. The summed E-state index contributed by atoms with van der Waals surface area (Å²) >= 11 is 0. The largest absolute Gasteiger partial charge is 0.370 e. The Hall–Kier alpha value is -0.460. The molecule has 1 aliphatic rings. The normalized spacial score (nSPS) is 18.8. The second-order valence-corrected chi connectivity index (χ2v) is 4.89. The zero-order valence-electron chi connectivity index (χ0n) is 9.02. The van der Waals surface area contributed by atoms with Crippen LogP contribution in [-0.4, -0.2) is 17.0 Å². The molecule has 70 valence electrons. The highest BCUT2D eigenvalue weighted by Gasteiger charge is 2.27. The van der Waals surface area contributed by atoms with E-state index in [0.717, 1.165) is 0 Å². The van der Waals surface area contributed by atoms with Gasteiger partial charge in [0.1, 0.15) is 0 Å². The summed E-state index contributed by atoms with van der Waals surface area (Å²) in [4.78, 5) is 2.53. The van der Waals surface area contributed by atoms with Crippen LogP contribution < -0.4 is 0 Å². The second-order valence-electron chi connectivity index (χ2n) is 4.89. The molecule has 1 aliphatic heterocycles. The van der Waals surface area contributed by atoms with Crippen LogP contribution in [0.3, 0.4) is 0 Å². The van der Waals surface area contributed by atoms with Crippen molar-refractivity contribution in [3.8, 4) is 0 Å². The topological polar surface area (TPSA) is 3.24 Å². The molecular weight excluding hydrogens is 146 g/mol. The zero-order valence-corrected chi connectivity index (χ0v) is 9.02. The maximum atomic E-state index is 2.53. The summed E-state index contributed by atoms with van der Waals surface area (Å²) in [6.45, 7) is 12.6. The van der Waals surface area contributed by atoms with Crippen LogP contribution in [0.5, 0.6) is 0 Å². The van der Waals surface area contributed by atoms with E-state index in [1.807, 2.05) is 0 Å². The fourth-order valence-corrected chi connectivity index (χ4v) is 1.85. The van der Waals surface area contributed by atoms with E-state index in [0.29, 0.717) is 11.5 Å². The summed E-state index contributed by atoms with van der Waals surface area (Å²) in [6.07, 6.45) is 3.61. The Morgan fingerprint density at radius 1 is 1.33 bits per heavy atom. The first-order chi connectivity index (χ1) is 5.43. The van der Waals surface area contributed by atoms with Crippen molar-refractivity contribution in [2.45, 2.75) is 46.6 Å². The Balaban J connectivity index is 2.75. The lowest BCUT2D eigenvalue weighted by molar-refractivity contribution is 0.187. The predicted molar refractivity (Wildman–Crippen MR) is 54.0 cm³/mol. The molecule has 0 radical (unpaired) electrons. The van der Waals surface area contributed by atoms with E-state index in [4.69, 9.17) is 0 Å². The Bertz CT molecular complexity index is 184. The van der Waals surface area contributed by atoms with Gasteiger partial charge in [0.05, 0.1) is 0 Å². The molecule has 0 saturated carbocycles. The molecule has 0 N–H and O–H groups in total. The van der Waals surface area contributed by atoms with Gasteiger partial charge in [-0.1, -0.05) is 19.9 Å². The maximum absolute atomic E-state index is 2.53. The van der Waals surface area contributed by atoms with Gasteiger partial charge in [0, 0.05) is 17.8 Å². The molecule has 1 heterocycles. The molecule has 0 fully saturated rings. The quantitative estimate of drug-likeness (QED) is 0.580. The summed E-state index contributed by atoms with van der Waals surface area (Å²) < 4.78 is 0. The highest BCUT2D eigenvalue weighted by molar-refractivity contribution is 5.12. The SMILES string of the molecule is CC(C)C1=CCCN1C(C)(C)C. The van der Waals surface area contributed by atoms with Crippen LogP contribution in [0, 0.1) is 5.92 Å². The second kappa shape index (κ2) is 3.12. The predicted octanol–water partition coefficient (Wildman–Crippen LogP) is 3.03. The highest BCUT2D eigenvalue weighted by atomic mass is 15.2. The fraction of sp³-hybridized carbons (Fsp3) is 0.818. The van der Waals surface area contributed by atoms with Gasteiger partial charge in [-0.05, 0) is 33.1 Å². The van der Waals surface area contributed by atoms with Gasteiger partial charge in [-0.3, -0.25) is 0 Å². The molecule has 0 unspecified atom stereocenters. The van der Waals surface area contributed by atoms with Crippen molar-refractivity contribution in [3.63, 3.8) is 0 Å². The van der Waals surface area contributed by atoms with Crippen molar-refractivity contribution < 1.29 is 0 Å². The van der Waals surface area contributed by atoms with E-state index in [1.54, 1.807) is 0 Å². The first kappa shape index (κ1) is 9.63. The molecule has 0 aliphatic carbocycles. The first-order valence-electron chi connectivity index (χ1n) is 4.90. The van der Waals surface area contributed by atoms with Gasteiger partial charge in [-0.2, -0.15) is 0 Å². The molecule has 1 heteroatoms. The highest BCUT2D eigenvalue weighted by Crippen LogP contribution is 2.29. The van der Waals surface area contributed by atoms with Gasteiger partial charge >= 0.3 is 0 Å². The van der Waals surface area contributed by atoms with Crippen LogP contribution in [0.4, 0.5) is 0 Å². The minimum Gasteiger partial charge on any atom is -0.370 e. The average Bonchev–Trinajstić information content (AvgIpc) is 2.30. The fourth-order valence-electron chi connectivity index (χ4n) is 1.85. The molecule has 0 aromatic rings. The Labute approximate surface area is 76.5 Å². The molecule has 1 rings (SSSR count). The molecule has 0 atom stereocenters. The molecule has 0 saturated heterocycles. The summed E-state index contributed by atoms with van der Waals surface area (Å²) in [6, 6.07) is 0. The third-order valence-corrected chi connectivity index (χ3v) is 2.42. The summed E-state index contributed by atoms with van der Waals surface area (Å²) in [5.74, 6) is 0.673. The number of hydrogen-bond donors (Lipinski definition) is 0. The minimum absolute atomic E-state index is 0.298. The van der Waals surface area contributed by atoms with E-state index in [-0.39, 0.29) is 0 Å². The third kappa shape index (κ3) is 1.82. The smallest absolute Gasteiger partial charge is 0.0315 e. The molecule has 12 heavy (non-hydrogen) atoms. The molecule has 0 aromatic heterocycles. The Morgan fingerprint density at radius 2 is 1.92 bits per heavy atom. The van der Waals surface area contributed by atoms with Crippen LogP contribution in [0.25, 0.3) is 0 Å². The van der Waals surface area contributed by atoms with Gasteiger partial charge in [0.2, 0.25) is 0 Å². The molecule has 0 bridgehead atoms. The van der Waals surface area contributed by atoms with Gasteiger partial charge in [-0.25, -0.2) is 0 Å². The van der Waals surface area contributed by atoms with Crippen molar-refractivity contribution >= 4 is 0 Å². The van der Waals surface area contributed by atoms with Crippen molar-refractivity contribution in [1.82, 2.24) is 4.90 Å². The van der Waals surface area contributed by atoms with Gasteiger partial charge in [0.25, 0.3) is 0 Å². The summed E-state index contributed by atoms with van der Waals surface area (Å²) in [7, 11) is 0. The number of allylic oxidation sites excluding steroid dienone is 1. The van der Waals surface area contributed by atoms with Gasteiger partial charge < -0.3 is 4.90 Å². The monoisotopic (exact) mass is 167 g/mol. The maximum Gasteiger partial charge on any atom is 0.0315 e. The standard InChI is InChI=1S/C11H21N/c1-9(2)10-7-6-8-12(10)11(3,4)5/h7,9H,6,8H2,1-5H3. The van der Waals surface area contributed by atoms with Crippen LogP contribution in [-0.2, 0) is 0 Å². The van der Waals surface area contributed by atoms with E-state index < -0.39 is 0 Å². The van der Waals surface area contributed by atoms with Crippen molar-refractivity contribution in [1.29, 1.82) is 0 Å². The van der Waals surface area contributed by atoms with Crippen molar-refractivity contribution in [2.24, 2.45) is 5.92 Å². The van der Waals surface area contributed by atoms with Gasteiger partial charge in [-0.15, -0.1) is 0 Å². The summed E-state index contributed by atoms with van der Waals surface area (Å²) in [5.41, 5.74) is 1.83. The van der Waals surface area contributed by atoms with E-state index in [1.165, 1.54) is 18.7 Å². The Morgan fingerprint density at radius 3 is 2.25 bits per heavy atom. The van der Waals surface area contributed by atoms with Crippen LogP contribution in [0.15, 0.2) is 11.8 Å². The molecule has 0 aromatic carbocycles. The molecule has 0 spiro atoms. The number of hydrogen-bond acceptors (Lipinski definition) is 1. The van der Waals surface area contributed by atoms with Crippen LogP contribution in [0.2, 0.25) is 0 Å². The van der Waals surface area contributed by atoms with Gasteiger partial charge in [0.15, 0.2) is 0 Å². The number of rotatable bonds is 1. The zero-order chi connectivity index (χ0) is 9.35. The number of nitrogens with zero attached hydrogens (tertiary/aromatic N) is 1. The lowest BCUT2D eigenvalue weighted by atomic mass is 10.0. The molecule has 1 nitrogen and oxygen atoms in total. The minimum atomic E-state index is 0.298. The Kier molecular flexibility index (Phi) is 2.50. The summed E-state index contributed by atoms with van der Waals surface area (Å²) in [5, 5.41) is 0. The lowest BCUT2D eigenvalue weighted by Gasteiger charge is -2.37. The van der Waals surface area contributed by atoms with E-state index in [2.05, 4.69) is 45.6 Å². The van der Waals surface area contributed by atoms with Crippen molar-refractivity contribution in [2.75, 3.05) is 6.54 Å². The van der Waals surface area contributed by atoms with Crippen LogP contribution >= 0.6 is 0 Å². The van der Waals surface area contributed by atoms with E-state index in [9.17, 15) is 0 Å². The van der Waals surface area contributed by atoms with Crippen molar-refractivity contribution in [3.05, 3.63) is 11.8 Å². The lowest BCUT2D eigenvalue weighted by Crippen LogP contribution is -2.39. The average molecular weight is 167 g/mol. The third-order valence-electron chi connectivity index (χ3n) is 2.42. The van der Waals surface area contributed by atoms with E-state index >= 15 is 0 Å². The molecular formula is C11H21N. The van der Waals surface area contributed by atoms with Crippen LogP contribution in [0.1, 0.15) is 41.0 Å². The molecule has 0 amide bonds.